The lowest BCUT2D eigenvalue weighted by molar-refractivity contribution is 0.282. The lowest BCUT2D eigenvalue weighted by Crippen LogP contribution is -2.05. The van der Waals surface area contributed by atoms with Crippen LogP contribution in [0.3, 0.4) is 0 Å². The third-order valence-corrected chi connectivity index (χ3v) is 3.10. The van der Waals surface area contributed by atoms with Crippen molar-refractivity contribution in [3.8, 4) is 0 Å². The van der Waals surface area contributed by atoms with Gasteiger partial charge in [-0.1, -0.05) is 49.7 Å². The molecule has 5 heteroatoms. The highest BCUT2D eigenvalue weighted by Gasteiger charge is 2.06. The standard InChI is InChI=1S/C15H18ClN3O/c1-10(2)15-18-13(16)7-14(19-15)17-8-11-3-5-12(9-20)6-4-11/h3-7,10,20H,8-9H2,1-2H3,(H,17,18,19). The first-order chi connectivity index (χ1) is 9.58. The summed E-state index contributed by atoms with van der Waals surface area (Å²) in [6.45, 7) is 4.77. The van der Waals surface area contributed by atoms with E-state index in [1.165, 1.54) is 0 Å². The van der Waals surface area contributed by atoms with Gasteiger partial charge in [0.05, 0.1) is 6.61 Å². The molecule has 2 N–H and O–H groups in total. The molecule has 0 bridgehead atoms. The fourth-order valence-electron chi connectivity index (χ4n) is 1.74. The van der Waals surface area contributed by atoms with Crippen LogP contribution in [-0.2, 0) is 13.2 Å². The van der Waals surface area contributed by atoms with E-state index in [0.29, 0.717) is 11.7 Å². The van der Waals surface area contributed by atoms with Gasteiger partial charge in [-0.2, -0.15) is 0 Å². The molecule has 0 aliphatic rings. The molecule has 1 aromatic heterocycles. The average Bonchev–Trinajstić information content (AvgIpc) is 2.45. The molecule has 1 aromatic carbocycles. The second kappa shape index (κ2) is 6.68. The molecule has 4 nitrogen and oxygen atoms in total. The molecule has 0 amide bonds. The van der Waals surface area contributed by atoms with Crippen molar-refractivity contribution in [3.63, 3.8) is 0 Å². The maximum atomic E-state index is 9.00. The van der Waals surface area contributed by atoms with Gasteiger partial charge in [0.25, 0.3) is 0 Å². The van der Waals surface area contributed by atoms with Crippen molar-refractivity contribution in [1.82, 2.24) is 9.97 Å². The zero-order valence-electron chi connectivity index (χ0n) is 11.6. The highest BCUT2D eigenvalue weighted by atomic mass is 35.5. The van der Waals surface area contributed by atoms with Crippen LogP contribution in [0.5, 0.6) is 0 Å². The first-order valence-corrected chi connectivity index (χ1v) is 6.93. The highest BCUT2D eigenvalue weighted by molar-refractivity contribution is 6.29. The highest BCUT2D eigenvalue weighted by Crippen LogP contribution is 2.17. The Kier molecular flexibility index (Phi) is 4.93. The molecule has 0 saturated carbocycles. The van der Waals surface area contributed by atoms with Crippen LogP contribution in [0.15, 0.2) is 30.3 Å². The zero-order valence-corrected chi connectivity index (χ0v) is 12.4. The predicted molar refractivity (Wildman–Crippen MR) is 80.8 cm³/mol. The molecule has 0 spiro atoms. The summed E-state index contributed by atoms with van der Waals surface area (Å²) in [5.41, 5.74) is 2.02. The number of benzene rings is 1. The Labute approximate surface area is 123 Å². The summed E-state index contributed by atoms with van der Waals surface area (Å²) in [7, 11) is 0. The molecular formula is C15H18ClN3O. The van der Waals surface area contributed by atoms with Crippen molar-refractivity contribution in [3.05, 3.63) is 52.4 Å². The number of hydrogen-bond acceptors (Lipinski definition) is 4. The van der Waals surface area contributed by atoms with Crippen molar-refractivity contribution in [2.75, 3.05) is 5.32 Å². The van der Waals surface area contributed by atoms with E-state index >= 15 is 0 Å². The summed E-state index contributed by atoms with van der Waals surface area (Å²) in [6.07, 6.45) is 0. The molecule has 2 rings (SSSR count). The lowest BCUT2D eigenvalue weighted by Gasteiger charge is -2.10. The van der Waals surface area contributed by atoms with Gasteiger partial charge in [-0.3, -0.25) is 0 Å². The first kappa shape index (κ1) is 14.8. The number of hydrogen-bond donors (Lipinski definition) is 2. The maximum absolute atomic E-state index is 9.00. The molecule has 1 heterocycles. The van der Waals surface area contributed by atoms with Gasteiger partial charge < -0.3 is 10.4 Å². The van der Waals surface area contributed by atoms with Crippen molar-refractivity contribution in [2.24, 2.45) is 0 Å². The number of rotatable bonds is 5. The van der Waals surface area contributed by atoms with E-state index in [0.717, 1.165) is 22.8 Å². The topological polar surface area (TPSA) is 58.0 Å². The molecule has 0 atom stereocenters. The SMILES string of the molecule is CC(C)c1nc(Cl)cc(NCc2ccc(CO)cc2)n1. The Bertz CT molecular complexity index is 570. The summed E-state index contributed by atoms with van der Waals surface area (Å²) >= 11 is 6.00. The zero-order chi connectivity index (χ0) is 14.5. The van der Waals surface area contributed by atoms with E-state index in [4.69, 9.17) is 16.7 Å². The summed E-state index contributed by atoms with van der Waals surface area (Å²) in [5, 5.41) is 12.7. The molecular weight excluding hydrogens is 274 g/mol. The van der Waals surface area contributed by atoms with Crippen LogP contribution in [0, 0.1) is 0 Å². The Balaban J connectivity index is 2.06. The van der Waals surface area contributed by atoms with Crippen LogP contribution in [0.4, 0.5) is 5.82 Å². The third-order valence-electron chi connectivity index (χ3n) is 2.91. The number of nitrogens with zero attached hydrogens (tertiary/aromatic N) is 2. The fraction of sp³-hybridized carbons (Fsp3) is 0.333. The Morgan fingerprint density at radius 2 is 1.80 bits per heavy atom. The predicted octanol–water partition coefficient (Wildman–Crippen LogP) is 3.36. The van der Waals surface area contributed by atoms with Gasteiger partial charge in [0.15, 0.2) is 0 Å². The first-order valence-electron chi connectivity index (χ1n) is 6.55. The van der Waals surface area contributed by atoms with Crippen LogP contribution in [0.1, 0.15) is 36.7 Å². The molecule has 20 heavy (non-hydrogen) atoms. The molecule has 0 aliphatic carbocycles. The van der Waals surface area contributed by atoms with Crippen molar-refractivity contribution in [1.29, 1.82) is 0 Å². The Morgan fingerprint density at radius 1 is 1.15 bits per heavy atom. The van der Waals surface area contributed by atoms with E-state index < -0.39 is 0 Å². The Hall–Kier alpha value is -1.65. The molecule has 0 unspecified atom stereocenters. The van der Waals surface area contributed by atoms with E-state index in [9.17, 15) is 0 Å². The van der Waals surface area contributed by atoms with Gasteiger partial charge in [0, 0.05) is 18.5 Å². The van der Waals surface area contributed by atoms with Crippen LogP contribution < -0.4 is 5.32 Å². The Morgan fingerprint density at radius 3 is 2.40 bits per heavy atom. The maximum Gasteiger partial charge on any atom is 0.135 e. The van der Waals surface area contributed by atoms with Crippen molar-refractivity contribution in [2.45, 2.75) is 32.9 Å². The number of anilines is 1. The second-order valence-corrected chi connectivity index (χ2v) is 5.30. The molecule has 2 aromatic rings. The largest absolute Gasteiger partial charge is 0.392 e. The van der Waals surface area contributed by atoms with Crippen molar-refractivity contribution < 1.29 is 5.11 Å². The monoisotopic (exact) mass is 291 g/mol. The minimum Gasteiger partial charge on any atom is -0.392 e. The van der Waals surface area contributed by atoms with E-state index in [1.54, 1.807) is 6.07 Å². The van der Waals surface area contributed by atoms with Crippen LogP contribution in [-0.4, -0.2) is 15.1 Å². The summed E-state index contributed by atoms with van der Waals surface area (Å²) in [5.74, 6) is 1.69. The van der Waals surface area contributed by atoms with E-state index in [2.05, 4.69) is 15.3 Å². The average molecular weight is 292 g/mol. The molecule has 0 saturated heterocycles. The normalized spacial score (nSPS) is 10.8. The minimum atomic E-state index is 0.0625. The van der Waals surface area contributed by atoms with Crippen LogP contribution >= 0.6 is 11.6 Å². The van der Waals surface area contributed by atoms with E-state index in [1.807, 2.05) is 38.1 Å². The lowest BCUT2D eigenvalue weighted by atomic mass is 10.1. The molecule has 0 fully saturated rings. The summed E-state index contributed by atoms with van der Waals surface area (Å²) in [4.78, 5) is 8.63. The number of nitrogens with one attached hydrogen (secondary N) is 1. The fourth-order valence-corrected chi connectivity index (χ4v) is 1.93. The summed E-state index contributed by atoms with van der Waals surface area (Å²) in [6, 6.07) is 9.48. The van der Waals surface area contributed by atoms with Crippen LogP contribution in [0.25, 0.3) is 0 Å². The van der Waals surface area contributed by atoms with Crippen LogP contribution in [0.2, 0.25) is 5.15 Å². The van der Waals surface area contributed by atoms with Gasteiger partial charge in [0.2, 0.25) is 0 Å². The molecule has 106 valence electrons. The van der Waals surface area contributed by atoms with Gasteiger partial charge in [0.1, 0.15) is 16.8 Å². The number of aromatic nitrogens is 2. The number of aliphatic hydroxyl groups excluding tert-OH is 1. The minimum absolute atomic E-state index is 0.0625. The van der Waals surface area contributed by atoms with Gasteiger partial charge in [-0.25, -0.2) is 9.97 Å². The summed E-state index contributed by atoms with van der Waals surface area (Å²) < 4.78 is 0. The van der Waals surface area contributed by atoms with E-state index in [-0.39, 0.29) is 12.5 Å². The van der Waals surface area contributed by atoms with Gasteiger partial charge in [-0.15, -0.1) is 0 Å². The third kappa shape index (κ3) is 3.92. The number of halogens is 1. The smallest absolute Gasteiger partial charge is 0.135 e. The van der Waals surface area contributed by atoms with Gasteiger partial charge in [-0.05, 0) is 11.1 Å². The molecule has 0 aliphatic heterocycles. The molecule has 0 radical (unpaired) electrons. The second-order valence-electron chi connectivity index (χ2n) is 4.92. The van der Waals surface area contributed by atoms with Crippen molar-refractivity contribution >= 4 is 17.4 Å². The number of aliphatic hydroxyl groups is 1. The quantitative estimate of drug-likeness (QED) is 0.830. The van der Waals surface area contributed by atoms with Gasteiger partial charge >= 0.3 is 0 Å².